The number of rotatable bonds is 5. The number of carboxylic acid groups (broad SMARTS) is 1. The van der Waals surface area contributed by atoms with Gasteiger partial charge in [-0.05, 0) is 32.1 Å². The van der Waals surface area contributed by atoms with Crippen molar-refractivity contribution in [2.75, 3.05) is 0 Å². The van der Waals surface area contributed by atoms with Crippen LogP contribution in [0.4, 0.5) is 0 Å². The lowest BCUT2D eigenvalue weighted by Gasteiger charge is -2.08. The molecule has 0 aliphatic rings. The molecule has 1 heterocycles. The average Bonchev–Trinajstić information content (AvgIpc) is 2.81. The third-order valence-electron chi connectivity index (χ3n) is 2.61. The largest absolute Gasteiger partial charge is 0.487 e. The van der Waals surface area contributed by atoms with Gasteiger partial charge in [-0.1, -0.05) is 11.6 Å². The molecule has 0 atom stereocenters. The van der Waals surface area contributed by atoms with Gasteiger partial charge < -0.3 is 9.84 Å². The molecule has 2 aromatic rings. The van der Waals surface area contributed by atoms with Crippen LogP contribution in [0.1, 0.15) is 21.8 Å². The van der Waals surface area contributed by atoms with Gasteiger partial charge in [-0.3, -0.25) is 0 Å². The second-order valence-electron chi connectivity index (χ2n) is 4.36. The van der Waals surface area contributed by atoms with Gasteiger partial charge in [0.05, 0.1) is 10.7 Å². The second kappa shape index (κ2) is 6.34. The highest BCUT2D eigenvalue weighted by molar-refractivity contribution is 7.09. The number of benzene rings is 1. The fourth-order valence-corrected chi connectivity index (χ4v) is 2.31. The van der Waals surface area contributed by atoms with Crippen LogP contribution in [0.3, 0.4) is 0 Å². The number of ether oxygens (including phenoxy) is 1. The van der Waals surface area contributed by atoms with Crippen LogP contribution in [-0.2, 0) is 11.4 Å². The molecule has 0 aliphatic heterocycles. The first-order chi connectivity index (χ1) is 9.54. The van der Waals surface area contributed by atoms with E-state index in [0.717, 1.165) is 27.9 Å². The zero-order valence-electron chi connectivity index (χ0n) is 11.3. The van der Waals surface area contributed by atoms with Crippen LogP contribution in [0.25, 0.3) is 6.08 Å². The van der Waals surface area contributed by atoms with Gasteiger partial charge in [0.2, 0.25) is 0 Å². The molecule has 0 amide bonds. The van der Waals surface area contributed by atoms with Crippen molar-refractivity contribution in [1.29, 1.82) is 0 Å². The summed E-state index contributed by atoms with van der Waals surface area (Å²) in [7, 11) is 0. The molecule has 0 unspecified atom stereocenters. The fourth-order valence-electron chi connectivity index (χ4n) is 1.72. The predicted octanol–water partition coefficient (Wildman–Crippen LogP) is 3.44. The van der Waals surface area contributed by atoms with E-state index in [-0.39, 0.29) is 0 Å². The molecule has 0 bridgehead atoms. The van der Waals surface area contributed by atoms with Gasteiger partial charge in [-0.15, -0.1) is 11.3 Å². The van der Waals surface area contributed by atoms with Crippen molar-refractivity contribution >= 4 is 23.4 Å². The maximum Gasteiger partial charge on any atom is 0.328 e. The third kappa shape index (κ3) is 3.93. The molecule has 0 spiro atoms. The van der Waals surface area contributed by atoms with Crippen molar-refractivity contribution in [2.45, 2.75) is 20.5 Å². The Bertz CT molecular complexity index is 646. The number of carbonyl (C=O) groups is 1. The molecule has 0 saturated carbocycles. The molecule has 0 aliphatic carbocycles. The van der Waals surface area contributed by atoms with E-state index in [0.29, 0.717) is 12.4 Å². The standard InChI is InChI=1S/C15H15NO3S/c1-10-3-5-14(12(7-10)4-6-15(17)18)19-8-13-9-20-11(2)16-13/h3-7,9H,8H2,1-2H3,(H,17,18). The molecule has 5 heteroatoms. The van der Waals surface area contributed by atoms with E-state index in [4.69, 9.17) is 9.84 Å². The Morgan fingerprint density at radius 3 is 2.90 bits per heavy atom. The summed E-state index contributed by atoms with van der Waals surface area (Å²) in [6, 6.07) is 5.66. The Hall–Kier alpha value is -2.14. The van der Waals surface area contributed by atoms with Crippen molar-refractivity contribution in [1.82, 2.24) is 4.98 Å². The van der Waals surface area contributed by atoms with E-state index in [1.807, 2.05) is 37.4 Å². The lowest BCUT2D eigenvalue weighted by atomic mass is 10.1. The molecule has 4 nitrogen and oxygen atoms in total. The Morgan fingerprint density at radius 1 is 1.45 bits per heavy atom. The maximum absolute atomic E-state index is 10.6. The summed E-state index contributed by atoms with van der Waals surface area (Å²) in [4.78, 5) is 14.9. The Kier molecular flexibility index (Phi) is 4.53. The van der Waals surface area contributed by atoms with Crippen molar-refractivity contribution in [3.05, 3.63) is 51.5 Å². The van der Waals surface area contributed by atoms with Gasteiger partial charge in [0, 0.05) is 17.0 Å². The van der Waals surface area contributed by atoms with Gasteiger partial charge in [-0.2, -0.15) is 0 Å². The van der Waals surface area contributed by atoms with Gasteiger partial charge in [-0.25, -0.2) is 9.78 Å². The molecule has 1 aromatic heterocycles. The number of hydrogen-bond donors (Lipinski definition) is 1. The van der Waals surface area contributed by atoms with Crippen LogP contribution in [-0.4, -0.2) is 16.1 Å². The Morgan fingerprint density at radius 2 is 2.25 bits per heavy atom. The molecule has 0 fully saturated rings. The number of carboxylic acids is 1. The van der Waals surface area contributed by atoms with Gasteiger partial charge in [0.15, 0.2) is 0 Å². The molecule has 104 valence electrons. The van der Waals surface area contributed by atoms with E-state index < -0.39 is 5.97 Å². The molecule has 1 N–H and O–H groups in total. The van der Waals surface area contributed by atoms with Crippen LogP contribution < -0.4 is 4.74 Å². The van der Waals surface area contributed by atoms with Crippen molar-refractivity contribution in [2.24, 2.45) is 0 Å². The van der Waals surface area contributed by atoms with E-state index in [9.17, 15) is 4.79 Å². The Balaban J connectivity index is 2.15. The lowest BCUT2D eigenvalue weighted by molar-refractivity contribution is -0.131. The van der Waals surface area contributed by atoms with Crippen molar-refractivity contribution in [3.63, 3.8) is 0 Å². The highest BCUT2D eigenvalue weighted by Gasteiger charge is 2.04. The number of aryl methyl sites for hydroxylation is 2. The molecule has 1 aromatic carbocycles. The molecule has 20 heavy (non-hydrogen) atoms. The molecule has 2 rings (SSSR count). The molecular formula is C15H15NO3S. The summed E-state index contributed by atoms with van der Waals surface area (Å²) in [5, 5.41) is 11.7. The second-order valence-corrected chi connectivity index (χ2v) is 5.42. The van der Waals surface area contributed by atoms with Gasteiger partial charge >= 0.3 is 5.97 Å². The first-order valence-corrected chi connectivity index (χ1v) is 6.98. The number of aromatic nitrogens is 1. The minimum atomic E-state index is -0.979. The number of aliphatic carboxylic acids is 1. The average molecular weight is 289 g/mol. The summed E-state index contributed by atoms with van der Waals surface area (Å²) in [6.45, 7) is 4.27. The van der Waals surface area contributed by atoms with Crippen LogP contribution in [0.2, 0.25) is 0 Å². The first kappa shape index (κ1) is 14.3. The zero-order valence-corrected chi connectivity index (χ0v) is 12.1. The zero-order chi connectivity index (χ0) is 14.5. The van der Waals surface area contributed by atoms with Gasteiger partial charge in [0.25, 0.3) is 0 Å². The highest BCUT2D eigenvalue weighted by atomic mass is 32.1. The summed E-state index contributed by atoms with van der Waals surface area (Å²) < 4.78 is 5.72. The van der Waals surface area contributed by atoms with E-state index >= 15 is 0 Å². The predicted molar refractivity (Wildman–Crippen MR) is 79.0 cm³/mol. The van der Waals surface area contributed by atoms with E-state index in [1.165, 1.54) is 6.08 Å². The number of hydrogen-bond acceptors (Lipinski definition) is 4. The molecule has 0 radical (unpaired) electrons. The summed E-state index contributed by atoms with van der Waals surface area (Å²) in [5.41, 5.74) is 2.67. The van der Waals surface area contributed by atoms with Crippen LogP contribution in [0.5, 0.6) is 5.75 Å². The SMILES string of the molecule is Cc1ccc(OCc2csc(C)n2)c(C=CC(=O)O)c1. The minimum Gasteiger partial charge on any atom is -0.487 e. The third-order valence-corrected chi connectivity index (χ3v) is 3.44. The highest BCUT2D eigenvalue weighted by Crippen LogP contribution is 2.23. The summed E-state index contributed by atoms with van der Waals surface area (Å²) in [5.74, 6) is -0.327. The molecule has 0 saturated heterocycles. The smallest absolute Gasteiger partial charge is 0.328 e. The molecular weight excluding hydrogens is 274 g/mol. The maximum atomic E-state index is 10.6. The van der Waals surface area contributed by atoms with Crippen LogP contribution >= 0.6 is 11.3 Å². The summed E-state index contributed by atoms with van der Waals surface area (Å²) >= 11 is 1.58. The van der Waals surface area contributed by atoms with Crippen molar-refractivity contribution in [3.8, 4) is 5.75 Å². The van der Waals surface area contributed by atoms with Crippen molar-refractivity contribution < 1.29 is 14.6 Å². The van der Waals surface area contributed by atoms with E-state index in [1.54, 1.807) is 11.3 Å². The fraction of sp³-hybridized carbons (Fsp3) is 0.200. The number of nitrogens with zero attached hydrogens (tertiary/aromatic N) is 1. The lowest BCUT2D eigenvalue weighted by Crippen LogP contribution is -1.98. The Labute approximate surface area is 121 Å². The monoisotopic (exact) mass is 289 g/mol. The quantitative estimate of drug-likeness (QED) is 0.857. The van der Waals surface area contributed by atoms with Gasteiger partial charge in [0.1, 0.15) is 12.4 Å². The topological polar surface area (TPSA) is 59.4 Å². The van der Waals surface area contributed by atoms with E-state index in [2.05, 4.69) is 4.98 Å². The summed E-state index contributed by atoms with van der Waals surface area (Å²) in [6.07, 6.45) is 2.64. The minimum absolute atomic E-state index is 0.376. The number of thiazole rings is 1. The van der Waals surface area contributed by atoms with Crippen LogP contribution in [0, 0.1) is 13.8 Å². The normalized spacial score (nSPS) is 10.9. The van der Waals surface area contributed by atoms with Crippen LogP contribution in [0.15, 0.2) is 29.7 Å². The first-order valence-electron chi connectivity index (χ1n) is 6.10.